The molecule has 29 heavy (non-hydrogen) atoms. The van der Waals surface area contributed by atoms with Crippen LogP contribution in [-0.2, 0) is 13.2 Å². The quantitative estimate of drug-likeness (QED) is 0.632. The topological polar surface area (TPSA) is 97.5 Å². The molecule has 0 aliphatic heterocycles. The van der Waals surface area contributed by atoms with E-state index in [4.69, 9.17) is 9.26 Å². The Bertz CT molecular complexity index is 1030. The molecule has 7 nitrogen and oxygen atoms in total. The molecule has 1 fully saturated rings. The first-order valence-electron chi connectivity index (χ1n) is 8.98. The van der Waals surface area contributed by atoms with Gasteiger partial charge in [-0.1, -0.05) is 5.16 Å². The Labute approximate surface area is 164 Å². The van der Waals surface area contributed by atoms with Crippen LogP contribution in [0.3, 0.4) is 0 Å². The lowest BCUT2D eigenvalue weighted by atomic mass is 10.1. The summed E-state index contributed by atoms with van der Waals surface area (Å²) in [5.74, 6) is -1.80. The van der Waals surface area contributed by atoms with Gasteiger partial charge in [0.05, 0.1) is 11.1 Å². The zero-order chi connectivity index (χ0) is 20.4. The van der Waals surface area contributed by atoms with Crippen molar-refractivity contribution in [1.82, 2.24) is 15.5 Å². The van der Waals surface area contributed by atoms with Crippen molar-refractivity contribution in [3.8, 4) is 17.1 Å². The molecule has 0 atom stereocenters. The van der Waals surface area contributed by atoms with Crippen molar-refractivity contribution in [1.29, 1.82) is 0 Å². The van der Waals surface area contributed by atoms with Crippen molar-refractivity contribution < 1.29 is 27.9 Å². The number of carbonyl (C=O) groups is 1. The fourth-order valence-electron chi connectivity index (χ4n) is 2.73. The Balaban J connectivity index is 1.49. The van der Waals surface area contributed by atoms with Gasteiger partial charge in [-0.15, -0.1) is 0 Å². The molecule has 0 spiro atoms. The first-order chi connectivity index (χ1) is 14.0. The van der Waals surface area contributed by atoms with Crippen molar-refractivity contribution >= 4 is 5.91 Å². The Morgan fingerprint density at radius 1 is 1.24 bits per heavy atom. The largest absolute Gasteiger partial charge is 0.473 e. The lowest BCUT2D eigenvalue weighted by molar-refractivity contribution is 0.0950. The van der Waals surface area contributed by atoms with Crippen LogP contribution in [0.25, 0.3) is 11.3 Å². The minimum Gasteiger partial charge on any atom is -0.473 e. The second-order valence-corrected chi connectivity index (χ2v) is 6.64. The number of ether oxygens (including phenoxy) is 1. The van der Waals surface area contributed by atoms with E-state index in [1.54, 1.807) is 12.1 Å². The average Bonchev–Trinajstić information content (AvgIpc) is 3.45. The van der Waals surface area contributed by atoms with Gasteiger partial charge >= 0.3 is 0 Å². The van der Waals surface area contributed by atoms with Gasteiger partial charge in [0.15, 0.2) is 17.4 Å². The maximum absolute atomic E-state index is 13.6. The average molecular weight is 401 g/mol. The summed E-state index contributed by atoms with van der Waals surface area (Å²) < 4.78 is 37.5. The molecule has 1 amide bonds. The Kier molecular flexibility index (Phi) is 5.22. The molecule has 1 aliphatic rings. The van der Waals surface area contributed by atoms with Gasteiger partial charge in [0.25, 0.3) is 5.91 Å². The number of hydrogen-bond donors (Lipinski definition) is 2. The smallest absolute Gasteiger partial charge is 0.253 e. The van der Waals surface area contributed by atoms with Gasteiger partial charge in [0, 0.05) is 23.9 Å². The fraction of sp³-hybridized carbons (Fsp3) is 0.250. The second kappa shape index (κ2) is 7.96. The fourth-order valence-corrected chi connectivity index (χ4v) is 2.73. The van der Waals surface area contributed by atoms with Gasteiger partial charge in [0.2, 0.25) is 5.88 Å². The van der Waals surface area contributed by atoms with E-state index in [2.05, 4.69) is 15.5 Å². The summed E-state index contributed by atoms with van der Waals surface area (Å²) in [4.78, 5) is 16.1. The van der Waals surface area contributed by atoms with E-state index in [1.807, 2.05) is 0 Å². The van der Waals surface area contributed by atoms with E-state index < -0.39 is 18.2 Å². The summed E-state index contributed by atoms with van der Waals surface area (Å²) in [6.45, 7) is -0.516. The van der Waals surface area contributed by atoms with Crippen LogP contribution in [0, 0.1) is 11.6 Å². The third-order valence-corrected chi connectivity index (χ3v) is 4.48. The first-order valence-corrected chi connectivity index (χ1v) is 8.98. The number of benzene rings is 1. The van der Waals surface area contributed by atoms with Crippen LogP contribution in [0.2, 0.25) is 0 Å². The molecule has 2 heterocycles. The van der Waals surface area contributed by atoms with Crippen LogP contribution in [0.5, 0.6) is 5.88 Å². The van der Waals surface area contributed by atoms with Crippen molar-refractivity contribution in [3.63, 3.8) is 0 Å². The maximum atomic E-state index is 13.6. The second-order valence-electron chi connectivity index (χ2n) is 6.64. The summed E-state index contributed by atoms with van der Waals surface area (Å²) in [6, 6.07) is 6.71. The molecule has 150 valence electrons. The molecule has 3 aromatic rings. The number of nitrogens with one attached hydrogen (secondary N) is 1. The molecule has 9 heteroatoms. The monoisotopic (exact) mass is 401 g/mol. The Morgan fingerprint density at radius 2 is 2.07 bits per heavy atom. The van der Waals surface area contributed by atoms with Crippen molar-refractivity contribution in [2.45, 2.75) is 32.1 Å². The van der Waals surface area contributed by atoms with Crippen LogP contribution in [0.1, 0.15) is 34.5 Å². The van der Waals surface area contributed by atoms with Gasteiger partial charge in [-0.3, -0.25) is 4.79 Å². The number of nitrogens with zero attached hydrogens (tertiary/aromatic N) is 2. The standard InChI is InChI=1S/C20H17F2N3O4/c21-15-5-1-11(7-16(15)22)19-14(17(9-26)29-25-19)10-28-18-6-2-12(8-23-18)20(27)24-13-3-4-13/h1-2,5-8,13,26H,3-4,9-10H2,(H,24,27). The summed E-state index contributed by atoms with van der Waals surface area (Å²) in [6.07, 6.45) is 3.39. The number of pyridine rings is 1. The lowest BCUT2D eigenvalue weighted by Crippen LogP contribution is -2.25. The molecule has 1 aliphatic carbocycles. The zero-order valence-corrected chi connectivity index (χ0v) is 15.2. The highest BCUT2D eigenvalue weighted by Crippen LogP contribution is 2.28. The number of halogens is 2. The highest BCUT2D eigenvalue weighted by molar-refractivity contribution is 5.94. The molecular formula is C20H17F2N3O4. The molecule has 0 saturated heterocycles. The van der Waals surface area contributed by atoms with E-state index in [0.29, 0.717) is 11.1 Å². The minimum atomic E-state index is -1.02. The molecular weight excluding hydrogens is 384 g/mol. The Hall–Kier alpha value is -3.33. The van der Waals surface area contributed by atoms with Gasteiger partial charge < -0.3 is 19.7 Å². The zero-order valence-electron chi connectivity index (χ0n) is 15.2. The first kappa shape index (κ1) is 19.0. The SMILES string of the molecule is O=C(NC1CC1)c1ccc(OCc2c(-c3ccc(F)c(F)c3)noc2CO)nc1. The number of carbonyl (C=O) groups excluding carboxylic acids is 1. The number of aliphatic hydroxyl groups excluding tert-OH is 1. The van der Waals surface area contributed by atoms with Crippen molar-refractivity contribution in [2.75, 3.05) is 0 Å². The van der Waals surface area contributed by atoms with E-state index in [0.717, 1.165) is 25.0 Å². The highest BCUT2D eigenvalue weighted by atomic mass is 19.2. The molecule has 0 unspecified atom stereocenters. The molecule has 0 radical (unpaired) electrons. The van der Waals surface area contributed by atoms with E-state index in [1.165, 1.54) is 12.3 Å². The number of aliphatic hydroxyl groups is 1. The van der Waals surface area contributed by atoms with E-state index >= 15 is 0 Å². The lowest BCUT2D eigenvalue weighted by Gasteiger charge is -2.08. The van der Waals surface area contributed by atoms with Gasteiger partial charge in [-0.05, 0) is 37.1 Å². The molecule has 2 aromatic heterocycles. The van der Waals surface area contributed by atoms with Crippen molar-refractivity contribution in [3.05, 3.63) is 65.1 Å². The predicted molar refractivity (Wildman–Crippen MR) is 96.8 cm³/mol. The van der Waals surface area contributed by atoms with Crippen molar-refractivity contribution in [2.24, 2.45) is 0 Å². The van der Waals surface area contributed by atoms with Gasteiger partial charge in [0.1, 0.15) is 18.9 Å². The minimum absolute atomic E-state index is 0.0751. The molecule has 4 rings (SSSR count). The maximum Gasteiger partial charge on any atom is 0.253 e. The summed E-state index contributed by atoms with van der Waals surface area (Å²) in [7, 11) is 0. The number of aromatic nitrogens is 2. The molecule has 1 aromatic carbocycles. The molecule has 0 bridgehead atoms. The highest BCUT2D eigenvalue weighted by Gasteiger charge is 2.24. The number of hydrogen-bond acceptors (Lipinski definition) is 6. The predicted octanol–water partition coefficient (Wildman–Crippen LogP) is 2.98. The number of amides is 1. The Morgan fingerprint density at radius 3 is 2.72 bits per heavy atom. The van der Waals surface area contributed by atoms with Crippen LogP contribution in [-0.4, -0.2) is 27.2 Å². The van der Waals surface area contributed by atoms with Crippen LogP contribution >= 0.6 is 0 Å². The third-order valence-electron chi connectivity index (χ3n) is 4.48. The van der Waals surface area contributed by atoms with Crippen LogP contribution < -0.4 is 10.1 Å². The third kappa shape index (κ3) is 4.24. The van der Waals surface area contributed by atoms with Crippen LogP contribution in [0.15, 0.2) is 41.1 Å². The molecule has 1 saturated carbocycles. The van der Waals surface area contributed by atoms with Crippen LogP contribution in [0.4, 0.5) is 8.78 Å². The normalized spacial score (nSPS) is 13.3. The number of rotatable bonds is 7. The molecule has 2 N–H and O–H groups in total. The van der Waals surface area contributed by atoms with Gasteiger partial charge in [-0.25, -0.2) is 13.8 Å². The van der Waals surface area contributed by atoms with E-state index in [9.17, 15) is 18.7 Å². The summed E-state index contributed by atoms with van der Waals surface area (Å²) in [5, 5.41) is 16.2. The summed E-state index contributed by atoms with van der Waals surface area (Å²) >= 11 is 0. The van der Waals surface area contributed by atoms with Gasteiger partial charge in [-0.2, -0.15) is 0 Å². The summed E-state index contributed by atoms with van der Waals surface area (Å²) in [5.41, 5.74) is 1.32. The van der Waals surface area contributed by atoms with E-state index in [-0.39, 0.29) is 41.5 Å².